The average molecular weight is 185 g/mol. The molecule has 0 spiro atoms. The Labute approximate surface area is 81.9 Å². The summed E-state index contributed by atoms with van der Waals surface area (Å²) in [7, 11) is 2.24. The van der Waals surface area contributed by atoms with Gasteiger partial charge in [-0.15, -0.1) is 0 Å². The highest BCUT2D eigenvalue weighted by molar-refractivity contribution is 4.74. The molecular formula is C11H23NO. The summed E-state index contributed by atoms with van der Waals surface area (Å²) in [5, 5.41) is 8.63. The van der Waals surface area contributed by atoms with Crippen LogP contribution in [-0.2, 0) is 0 Å². The van der Waals surface area contributed by atoms with Crippen LogP contribution in [0.4, 0.5) is 0 Å². The minimum Gasteiger partial charge on any atom is -0.396 e. The number of hydrogen-bond donors (Lipinski definition) is 1. The van der Waals surface area contributed by atoms with Gasteiger partial charge >= 0.3 is 0 Å². The molecule has 0 aromatic rings. The molecule has 78 valence electrons. The van der Waals surface area contributed by atoms with Gasteiger partial charge in [0.15, 0.2) is 0 Å². The second-order valence-corrected chi connectivity index (χ2v) is 4.20. The Balaban J connectivity index is 1.99. The fourth-order valence-electron chi connectivity index (χ4n) is 2.18. The second kappa shape index (κ2) is 6.39. The van der Waals surface area contributed by atoms with E-state index in [1.165, 1.54) is 45.1 Å². The van der Waals surface area contributed by atoms with Crippen LogP contribution < -0.4 is 0 Å². The molecule has 0 amide bonds. The molecule has 0 aromatic carbocycles. The maximum Gasteiger partial charge on any atom is 0.0431 e. The molecule has 1 rings (SSSR count). The van der Waals surface area contributed by atoms with Gasteiger partial charge in [0.1, 0.15) is 0 Å². The van der Waals surface area contributed by atoms with Gasteiger partial charge in [-0.1, -0.05) is 12.8 Å². The summed E-state index contributed by atoms with van der Waals surface area (Å²) in [6, 6.07) is 0.856. The molecule has 0 saturated heterocycles. The molecule has 2 nitrogen and oxygen atoms in total. The number of nitrogens with zero attached hydrogens (tertiary/aromatic N) is 1. The fraction of sp³-hybridized carbons (Fsp3) is 1.00. The van der Waals surface area contributed by atoms with E-state index in [1.807, 2.05) is 0 Å². The summed E-state index contributed by atoms with van der Waals surface area (Å²) in [6.45, 7) is 1.57. The van der Waals surface area contributed by atoms with Crippen molar-refractivity contribution in [3.05, 3.63) is 0 Å². The summed E-state index contributed by atoms with van der Waals surface area (Å²) in [5.41, 5.74) is 0. The van der Waals surface area contributed by atoms with Gasteiger partial charge in [-0.3, -0.25) is 0 Å². The monoisotopic (exact) mass is 185 g/mol. The number of unbranched alkanes of at least 4 members (excludes halogenated alkanes) is 2. The summed E-state index contributed by atoms with van der Waals surface area (Å²) >= 11 is 0. The standard InChI is InChI=1S/C11H23NO/c1-12(9-5-2-6-10-13)11-7-3-4-8-11/h11,13H,2-10H2,1H3. The van der Waals surface area contributed by atoms with E-state index in [9.17, 15) is 0 Å². The van der Waals surface area contributed by atoms with Crippen LogP contribution in [0.25, 0.3) is 0 Å². The third-order valence-corrected chi connectivity index (χ3v) is 3.12. The van der Waals surface area contributed by atoms with E-state index in [4.69, 9.17) is 5.11 Å². The summed E-state index contributed by atoms with van der Waals surface area (Å²) in [6.07, 6.45) is 9.03. The molecule has 1 fully saturated rings. The highest BCUT2D eigenvalue weighted by atomic mass is 16.2. The van der Waals surface area contributed by atoms with E-state index >= 15 is 0 Å². The Morgan fingerprint density at radius 3 is 2.46 bits per heavy atom. The van der Waals surface area contributed by atoms with Crippen molar-refractivity contribution >= 4 is 0 Å². The molecule has 0 radical (unpaired) electrons. The van der Waals surface area contributed by atoms with Crippen LogP contribution in [0.3, 0.4) is 0 Å². The van der Waals surface area contributed by atoms with Crippen molar-refractivity contribution in [3.8, 4) is 0 Å². The van der Waals surface area contributed by atoms with Crippen LogP contribution in [0.5, 0.6) is 0 Å². The van der Waals surface area contributed by atoms with Crippen molar-refractivity contribution in [3.63, 3.8) is 0 Å². The maximum atomic E-state index is 8.63. The lowest BCUT2D eigenvalue weighted by Crippen LogP contribution is -2.29. The molecule has 0 aromatic heterocycles. The average Bonchev–Trinajstić information content (AvgIpc) is 2.65. The van der Waals surface area contributed by atoms with E-state index in [2.05, 4.69) is 11.9 Å². The molecule has 0 unspecified atom stereocenters. The topological polar surface area (TPSA) is 23.5 Å². The third-order valence-electron chi connectivity index (χ3n) is 3.12. The molecule has 1 aliphatic rings. The highest BCUT2D eigenvalue weighted by Gasteiger charge is 2.18. The molecule has 1 saturated carbocycles. The first-order valence-electron chi connectivity index (χ1n) is 5.65. The number of hydrogen-bond acceptors (Lipinski definition) is 2. The molecule has 0 aliphatic heterocycles. The first kappa shape index (κ1) is 11.0. The van der Waals surface area contributed by atoms with Gasteiger partial charge in [-0.25, -0.2) is 0 Å². The zero-order valence-corrected chi connectivity index (χ0v) is 8.84. The van der Waals surface area contributed by atoms with E-state index < -0.39 is 0 Å². The fourth-order valence-corrected chi connectivity index (χ4v) is 2.18. The van der Waals surface area contributed by atoms with Gasteiger partial charge in [0.05, 0.1) is 0 Å². The Morgan fingerprint density at radius 2 is 1.85 bits per heavy atom. The minimum atomic E-state index is 0.354. The Morgan fingerprint density at radius 1 is 1.15 bits per heavy atom. The second-order valence-electron chi connectivity index (χ2n) is 4.20. The van der Waals surface area contributed by atoms with Crippen molar-refractivity contribution in [1.82, 2.24) is 4.90 Å². The van der Waals surface area contributed by atoms with Crippen molar-refractivity contribution in [2.24, 2.45) is 0 Å². The summed E-state index contributed by atoms with van der Waals surface area (Å²) in [4.78, 5) is 2.50. The summed E-state index contributed by atoms with van der Waals surface area (Å²) < 4.78 is 0. The number of aliphatic hydroxyl groups is 1. The molecule has 2 heteroatoms. The molecular weight excluding hydrogens is 162 g/mol. The summed E-state index contributed by atoms with van der Waals surface area (Å²) in [5.74, 6) is 0. The predicted molar refractivity (Wildman–Crippen MR) is 55.8 cm³/mol. The largest absolute Gasteiger partial charge is 0.396 e. The van der Waals surface area contributed by atoms with Gasteiger partial charge < -0.3 is 10.0 Å². The van der Waals surface area contributed by atoms with E-state index in [0.29, 0.717) is 6.61 Å². The predicted octanol–water partition coefficient (Wildman–Crippen LogP) is 2.02. The zero-order valence-electron chi connectivity index (χ0n) is 8.84. The van der Waals surface area contributed by atoms with Crippen LogP contribution in [0.15, 0.2) is 0 Å². The molecule has 1 aliphatic carbocycles. The number of rotatable bonds is 6. The maximum absolute atomic E-state index is 8.63. The molecule has 13 heavy (non-hydrogen) atoms. The first-order chi connectivity index (χ1) is 6.34. The van der Waals surface area contributed by atoms with Crippen molar-refractivity contribution < 1.29 is 5.11 Å². The minimum absolute atomic E-state index is 0.354. The Bertz CT molecular complexity index is 121. The van der Waals surface area contributed by atoms with Crippen molar-refractivity contribution in [2.45, 2.75) is 51.0 Å². The van der Waals surface area contributed by atoms with Gasteiger partial charge in [0.25, 0.3) is 0 Å². The van der Waals surface area contributed by atoms with Gasteiger partial charge in [0, 0.05) is 12.6 Å². The van der Waals surface area contributed by atoms with Gasteiger partial charge in [0.2, 0.25) is 0 Å². The Hall–Kier alpha value is -0.0800. The molecule has 0 heterocycles. The lowest BCUT2D eigenvalue weighted by atomic mass is 10.2. The van der Waals surface area contributed by atoms with Gasteiger partial charge in [-0.05, 0) is 45.7 Å². The van der Waals surface area contributed by atoms with Crippen LogP contribution in [-0.4, -0.2) is 36.2 Å². The first-order valence-corrected chi connectivity index (χ1v) is 5.65. The van der Waals surface area contributed by atoms with Crippen molar-refractivity contribution in [2.75, 3.05) is 20.2 Å². The van der Waals surface area contributed by atoms with E-state index in [1.54, 1.807) is 0 Å². The highest BCUT2D eigenvalue weighted by Crippen LogP contribution is 2.22. The molecule has 0 atom stereocenters. The smallest absolute Gasteiger partial charge is 0.0431 e. The third kappa shape index (κ3) is 4.10. The lowest BCUT2D eigenvalue weighted by molar-refractivity contribution is 0.233. The van der Waals surface area contributed by atoms with Crippen LogP contribution in [0.1, 0.15) is 44.9 Å². The van der Waals surface area contributed by atoms with Crippen LogP contribution in [0.2, 0.25) is 0 Å². The van der Waals surface area contributed by atoms with Crippen LogP contribution in [0, 0.1) is 0 Å². The Kier molecular flexibility index (Phi) is 5.40. The van der Waals surface area contributed by atoms with Gasteiger partial charge in [-0.2, -0.15) is 0 Å². The lowest BCUT2D eigenvalue weighted by Gasteiger charge is -2.23. The molecule has 1 N–H and O–H groups in total. The molecule has 0 bridgehead atoms. The quantitative estimate of drug-likeness (QED) is 0.640. The SMILES string of the molecule is CN(CCCCCO)C1CCCC1. The van der Waals surface area contributed by atoms with E-state index in [0.717, 1.165) is 12.5 Å². The zero-order chi connectivity index (χ0) is 9.52. The number of aliphatic hydroxyl groups excluding tert-OH is 1. The van der Waals surface area contributed by atoms with E-state index in [-0.39, 0.29) is 0 Å². The van der Waals surface area contributed by atoms with Crippen LogP contribution >= 0.6 is 0 Å². The van der Waals surface area contributed by atoms with Crippen molar-refractivity contribution in [1.29, 1.82) is 0 Å². The normalized spacial score (nSPS) is 18.7.